The van der Waals surface area contributed by atoms with Gasteiger partial charge in [-0.05, 0) is 49.6 Å². The van der Waals surface area contributed by atoms with Gasteiger partial charge in [-0.2, -0.15) is 0 Å². The fourth-order valence-electron chi connectivity index (χ4n) is 2.63. The van der Waals surface area contributed by atoms with E-state index in [0.29, 0.717) is 0 Å². The van der Waals surface area contributed by atoms with E-state index in [4.69, 9.17) is 9.47 Å². The molecule has 0 fully saturated rings. The van der Waals surface area contributed by atoms with Gasteiger partial charge in [0.25, 0.3) is 0 Å². The van der Waals surface area contributed by atoms with E-state index in [0.717, 1.165) is 16.7 Å². The predicted octanol–water partition coefficient (Wildman–Crippen LogP) is 3.67. The first-order valence-corrected chi connectivity index (χ1v) is 8.64. The number of alkyl carbamates (subject to hydrolysis) is 1. The zero-order valence-electron chi connectivity index (χ0n) is 16.0. The SMILES string of the molecule is COC(=O)C(Cc1ccc(O)cc1-c1ccccc1)NC(=O)OC(C)(C)C. The van der Waals surface area contributed by atoms with E-state index in [-0.39, 0.29) is 12.2 Å². The molecule has 0 bridgehead atoms. The number of phenolic OH excluding ortho intramolecular Hbond substituents is 1. The zero-order valence-corrected chi connectivity index (χ0v) is 16.0. The molecule has 27 heavy (non-hydrogen) atoms. The highest BCUT2D eigenvalue weighted by Gasteiger charge is 2.26. The third-order valence-corrected chi connectivity index (χ3v) is 3.78. The summed E-state index contributed by atoms with van der Waals surface area (Å²) in [5.74, 6) is -0.458. The van der Waals surface area contributed by atoms with Crippen molar-refractivity contribution in [1.29, 1.82) is 0 Å². The second kappa shape index (κ2) is 8.58. The molecule has 1 amide bonds. The molecular formula is C21H25NO5. The molecule has 6 heteroatoms. The van der Waals surface area contributed by atoms with Crippen LogP contribution in [-0.2, 0) is 20.7 Å². The first kappa shape index (κ1) is 20.3. The van der Waals surface area contributed by atoms with Gasteiger partial charge >= 0.3 is 12.1 Å². The third kappa shape index (κ3) is 6.02. The number of hydrogen-bond donors (Lipinski definition) is 2. The molecule has 0 saturated heterocycles. The molecule has 0 aliphatic carbocycles. The van der Waals surface area contributed by atoms with Crippen LogP contribution in [0, 0.1) is 0 Å². The number of rotatable bonds is 5. The lowest BCUT2D eigenvalue weighted by molar-refractivity contribution is -0.143. The van der Waals surface area contributed by atoms with Gasteiger partial charge in [-0.15, -0.1) is 0 Å². The summed E-state index contributed by atoms with van der Waals surface area (Å²) in [6, 6.07) is 13.5. The molecule has 144 valence electrons. The molecule has 0 aliphatic heterocycles. The van der Waals surface area contributed by atoms with Crippen LogP contribution in [0.4, 0.5) is 4.79 Å². The Kier molecular flexibility index (Phi) is 6.45. The van der Waals surface area contributed by atoms with E-state index in [1.54, 1.807) is 39.0 Å². The Bertz CT molecular complexity index is 796. The van der Waals surface area contributed by atoms with Crippen molar-refractivity contribution in [3.8, 4) is 16.9 Å². The van der Waals surface area contributed by atoms with Gasteiger partial charge in [-0.25, -0.2) is 9.59 Å². The number of carbonyl (C=O) groups excluding carboxylic acids is 2. The van der Waals surface area contributed by atoms with Crippen LogP contribution in [0.3, 0.4) is 0 Å². The van der Waals surface area contributed by atoms with Crippen molar-refractivity contribution in [1.82, 2.24) is 5.32 Å². The highest BCUT2D eigenvalue weighted by atomic mass is 16.6. The quantitative estimate of drug-likeness (QED) is 0.784. The normalized spacial score (nSPS) is 12.1. The predicted molar refractivity (Wildman–Crippen MR) is 102 cm³/mol. The number of aromatic hydroxyl groups is 1. The van der Waals surface area contributed by atoms with E-state index in [9.17, 15) is 14.7 Å². The van der Waals surface area contributed by atoms with Gasteiger partial charge in [0, 0.05) is 6.42 Å². The summed E-state index contributed by atoms with van der Waals surface area (Å²) in [6.07, 6.45) is -0.505. The van der Waals surface area contributed by atoms with E-state index in [2.05, 4.69) is 5.32 Å². The summed E-state index contributed by atoms with van der Waals surface area (Å²) in [5.41, 5.74) is 1.77. The highest BCUT2D eigenvalue weighted by Crippen LogP contribution is 2.28. The van der Waals surface area contributed by atoms with Gasteiger partial charge in [0.15, 0.2) is 0 Å². The Morgan fingerprint density at radius 1 is 1.11 bits per heavy atom. The molecule has 2 rings (SSSR count). The average molecular weight is 371 g/mol. The standard InChI is InChI=1S/C21H25NO5/c1-21(2,3)27-20(25)22-18(19(24)26-4)12-15-10-11-16(23)13-17(15)14-8-6-5-7-9-14/h5-11,13,18,23H,12H2,1-4H3,(H,22,25). The largest absolute Gasteiger partial charge is 0.508 e. The van der Waals surface area contributed by atoms with Crippen LogP contribution in [0.1, 0.15) is 26.3 Å². The van der Waals surface area contributed by atoms with Crippen LogP contribution < -0.4 is 5.32 Å². The highest BCUT2D eigenvalue weighted by molar-refractivity contribution is 5.82. The monoisotopic (exact) mass is 371 g/mol. The molecule has 0 radical (unpaired) electrons. The first-order valence-electron chi connectivity index (χ1n) is 8.64. The van der Waals surface area contributed by atoms with Gasteiger partial charge < -0.3 is 19.9 Å². The molecule has 0 aromatic heterocycles. The molecular weight excluding hydrogens is 346 g/mol. The number of phenols is 1. The molecule has 2 aromatic rings. The topological polar surface area (TPSA) is 84.9 Å². The van der Waals surface area contributed by atoms with Crippen LogP contribution in [0.25, 0.3) is 11.1 Å². The van der Waals surface area contributed by atoms with Crippen LogP contribution >= 0.6 is 0 Å². The Morgan fingerprint density at radius 2 is 1.78 bits per heavy atom. The fraction of sp³-hybridized carbons (Fsp3) is 0.333. The van der Waals surface area contributed by atoms with Gasteiger partial charge in [0.1, 0.15) is 17.4 Å². The number of hydrogen-bond acceptors (Lipinski definition) is 5. The molecule has 0 heterocycles. The number of nitrogens with one attached hydrogen (secondary N) is 1. The second-order valence-corrected chi connectivity index (χ2v) is 7.13. The molecule has 6 nitrogen and oxygen atoms in total. The van der Waals surface area contributed by atoms with Crippen LogP contribution in [-0.4, -0.2) is 35.9 Å². The lowest BCUT2D eigenvalue weighted by Gasteiger charge is -2.23. The number of carbonyl (C=O) groups is 2. The van der Waals surface area contributed by atoms with Crippen molar-refractivity contribution in [3.05, 3.63) is 54.1 Å². The summed E-state index contributed by atoms with van der Waals surface area (Å²) >= 11 is 0. The van der Waals surface area contributed by atoms with Gasteiger partial charge in [0.05, 0.1) is 7.11 Å². The number of ether oxygens (including phenoxy) is 2. The van der Waals surface area contributed by atoms with Gasteiger partial charge in [-0.3, -0.25) is 0 Å². The molecule has 1 unspecified atom stereocenters. The second-order valence-electron chi connectivity index (χ2n) is 7.13. The minimum atomic E-state index is -0.920. The van der Waals surface area contributed by atoms with E-state index in [1.807, 2.05) is 30.3 Å². The smallest absolute Gasteiger partial charge is 0.408 e. The lowest BCUT2D eigenvalue weighted by Crippen LogP contribution is -2.45. The molecule has 2 N–H and O–H groups in total. The minimum Gasteiger partial charge on any atom is -0.508 e. The third-order valence-electron chi connectivity index (χ3n) is 3.78. The summed E-state index contributed by atoms with van der Waals surface area (Å²) in [5, 5.41) is 12.4. The molecule has 2 aromatic carbocycles. The summed E-state index contributed by atoms with van der Waals surface area (Å²) in [7, 11) is 1.26. The maximum atomic E-state index is 12.2. The van der Waals surface area contributed by atoms with Crippen molar-refractivity contribution in [2.24, 2.45) is 0 Å². The molecule has 0 saturated carbocycles. The molecule has 1 atom stereocenters. The summed E-state index contributed by atoms with van der Waals surface area (Å²) in [6.45, 7) is 5.23. The zero-order chi connectivity index (χ0) is 20.0. The van der Waals surface area contributed by atoms with E-state index in [1.165, 1.54) is 7.11 Å². The maximum Gasteiger partial charge on any atom is 0.408 e. The van der Waals surface area contributed by atoms with Crippen molar-refractivity contribution in [2.45, 2.75) is 38.8 Å². The molecule has 0 spiro atoms. The van der Waals surface area contributed by atoms with Crippen molar-refractivity contribution >= 4 is 12.1 Å². The van der Waals surface area contributed by atoms with Crippen LogP contribution in [0.5, 0.6) is 5.75 Å². The summed E-state index contributed by atoms with van der Waals surface area (Å²) in [4.78, 5) is 24.3. The number of amides is 1. The first-order chi connectivity index (χ1) is 12.7. The Labute approximate surface area is 159 Å². The summed E-state index contributed by atoms with van der Waals surface area (Å²) < 4.78 is 10.1. The van der Waals surface area contributed by atoms with Gasteiger partial charge in [0.2, 0.25) is 0 Å². The Balaban J connectivity index is 2.30. The number of esters is 1. The van der Waals surface area contributed by atoms with Crippen molar-refractivity contribution in [2.75, 3.05) is 7.11 Å². The molecule has 0 aliphatic rings. The average Bonchev–Trinajstić information content (AvgIpc) is 2.61. The van der Waals surface area contributed by atoms with Crippen LogP contribution in [0.2, 0.25) is 0 Å². The maximum absolute atomic E-state index is 12.2. The number of methoxy groups -OCH3 is 1. The van der Waals surface area contributed by atoms with Gasteiger partial charge in [-0.1, -0.05) is 36.4 Å². The Morgan fingerprint density at radius 3 is 2.37 bits per heavy atom. The number of benzene rings is 2. The van der Waals surface area contributed by atoms with E-state index >= 15 is 0 Å². The minimum absolute atomic E-state index is 0.118. The van der Waals surface area contributed by atoms with Crippen LogP contribution in [0.15, 0.2) is 48.5 Å². The van der Waals surface area contributed by atoms with Crippen molar-refractivity contribution in [3.63, 3.8) is 0 Å². The van der Waals surface area contributed by atoms with Crippen molar-refractivity contribution < 1.29 is 24.2 Å². The van der Waals surface area contributed by atoms with E-state index < -0.39 is 23.7 Å². The lowest BCUT2D eigenvalue weighted by atomic mass is 9.95. The Hall–Kier alpha value is -3.02. The fourth-order valence-corrected chi connectivity index (χ4v) is 2.63.